The number of carboxylic acids is 1. The van der Waals surface area contributed by atoms with Gasteiger partial charge in [0, 0.05) is 29.2 Å². The molecule has 1 saturated carbocycles. The highest BCUT2D eigenvalue weighted by atomic mass is 35.5. The molecule has 2 amide bonds. The summed E-state index contributed by atoms with van der Waals surface area (Å²) in [5, 5.41) is 12.8. The molecule has 206 valence electrons. The van der Waals surface area contributed by atoms with Crippen LogP contribution in [0.4, 0.5) is 19.3 Å². The highest BCUT2D eigenvalue weighted by molar-refractivity contribution is 6.30. The number of urea groups is 1. The Morgan fingerprint density at radius 2 is 1.68 bits per heavy atom. The van der Waals surface area contributed by atoms with E-state index in [-0.39, 0.29) is 41.5 Å². The minimum atomic E-state index is -0.916. The maximum atomic E-state index is 14.5. The number of amides is 2. The number of nitrogens with zero attached hydrogens (tertiary/aromatic N) is 2. The molecule has 0 bridgehead atoms. The van der Waals surface area contributed by atoms with Crippen LogP contribution in [-0.4, -0.2) is 33.0 Å². The summed E-state index contributed by atoms with van der Waals surface area (Å²) in [5.74, 6) is -1.65. The van der Waals surface area contributed by atoms with Crippen molar-refractivity contribution in [3.8, 4) is 0 Å². The number of carboxylic acid groups (broad SMARTS) is 1. The molecule has 1 aliphatic carbocycles. The monoisotopic (exact) mass is 563 g/mol. The summed E-state index contributed by atoms with van der Waals surface area (Å²) in [6.07, 6.45) is 4.65. The van der Waals surface area contributed by atoms with Crippen LogP contribution in [0.3, 0.4) is 0 Å². The summed E-state index contributed by atoms with van der Waals surface area (Å²) in [4.78, 5) is 30.6. The SMILES string of the molecule is O=C(O)Cc1ccc(CN(C(=O)Nc2ccc(Cl)cc2F)C2CCC(c3ccnc4ccc(F)cc34)CC2)cc1. The van der Waals surface area contributed by atoms with E-state index in [2.05, 4.69) is 10.3 Å². The number of hydrogen-bond donors (Lipinski definition) is 2. The van der Waals surface area contributed by atoms with E-state index in [0.717, 1.165) is 40.9 Å². The zero-order valence-corrected chi connectivity index (χ0v) is 22.4. The third kappa shape index (κ3) is 6.39. The molecule has 0 aliphatic heterocycles. The van der Waals surface area contributed by atoms with E-state index in [9.17, 15) is 18.4 Å². The standard InChI is InChI=1S/C31H28ClF2N3O3/c32-22-7-11-29(27(34)16-22)36-31(40)37(18-20-3-1-19(2-4-20)15-30(38)39)24-9-5-21(6-10-24)25-13-14-35-28-12-8-23(33)17-26(25)28/h1-4,7-8,11-14,16-17,21,24H,5-6,9-10,15,18H2,(H,36,40)(H,38,39). The first-order chi connectivity index (χ1) is 19.3. The van der Waals surface area contributed by atoms with Crippen LogP contribution in [0, 0.1) is 11.6 Å². The number of pyridine rings is 1. The lowest BCUT2D eigenvalue weighted by Crippen LogP contribution is -2.44. The number of hydrogen-bond acceptors (Lipinski definition) is 3. The molecule has 5 rings (SSSR count). The molecule has 4 aromatic rings. The summed E-state index contributed by atoms with van der Waals surface area (Å²) >= 11 is 5.87. The van der Waals surface area contributed by atoms with Crippen molar-refractivity contribution in [2.75, 3.05) is 5.32 Å². The van der Waals surface area contributed by atoms with Crippen LogP contribution < -0.4 is 5.32 Å². The van der Waals surface area contributed by atoms with E-state index in [1.54, 1.807) is 29.3 Å². The fourth-order valence-electron chi connectivity index (χ4n) is 5.47. The van der Waals surface area contributed by atoms with Crippen LogP contribution in [0.15, 0.2) is 72.9 Å². The number of rotatable bonds is 7. The Hall–Kier alpha value is -4.04. The average Bonchev–Trinajstić information content (AvgIpc) is 2.93. The first kappa shape index (κ1) is 27.5. The Kier molecular flexibility index (Phi) is 8.26. The van der Waals surface area contributed by atoms with Gasteiger partial charge in [0.2, 0.25) is 0 Å². The molecule has 0 saturated heterocycles. The molecule has 9 heteroatoms. The molecular formula is C31H28ClF2N3O3. The number of halogens is 3. The molecule has 0 atom stereocenters. The second-order valence-electron chi connectivity index (χ2n) is 10.1. The van der Waals surface area contributed by atoms with Crippen LogP contribution in [-0.2, 0) is 17.8 Å². The van der Waals surface area contributed by atoms with Crippen molar-refractivity contribution >= 4 is 40.2 Å². The van der Waals surface area contributed by atoms with Gasteiger partial charge in [0.1, 0.15) is 11.6 Å². The smallest absolute Gasteiger partial charge is 0.322 e. The van der Waals surface area contributed by atoms with Crippen molar-refractivity contribution in [3.63, 3.8) is 0 Å². The van der Waals surface area contributed by atoms with Gasteiger partial charge in [-0.05, 0) is 90.8 Å². The van der Waals surface area contributed by atoms with Gasteiger partial charge in [-0.15, -0.1) is 0 Å². The fraction of sp³-hybridized carbons (Fsp3) is 0.258. The highest BCUT2D eigenvalue weighted by Gasteiger charge is 2.31. The van der Waals surface area contributed by atoms with E-state index in [0.29, 0.717) is 18.4 Å². The highest BCUT2D eigenvalue weighted by Crippen LogP contribution is 2.38. The van der Waals surface area contributed by atoms with Gasteiger partial charge in [0.05, 0.1) is 17.6 Å². The molecule has 1 aliphatic rings. The predicted molar refractivity (Wildman–Crippen MR) is 150 cm³/mol. The summed E-state index contributed by atoms with van der Waals surface area (Å²) < 4.78 is 28.5. The third-order valence-electron chi connectivity index (χ3n) is 7.48. The van der Waals surface area contributed by atoms with Crippen LogP contribution in [0.25, 0.3) is 10.9 Å². The molecule has 0 spiro atoms. The molecule has 3 aromatic carbocycles. The van der Waals surface area contributed by atoms with Crippen molar-refractivity contribution in [3.05, 3.63) is 106 Å². The van der Waals surface area contributed by atoms with Crippen molar-refractivity contribution in [2.24, 2.45) is 0 Å². The Bertz CT molecular complexity index is 1540. The lowest BCUT2D eigenvalue weighted by molar-refractivity contribution is -0.136. The molecule has 1 aromatic heterocycles. The van der Waals surface area contributed by atoms with E-state index < -0.39 is 17.8 Å². The minimum Gasteiger partial charge on any atom is -0.481 e. The van der Waals surface area contributed by atoms with Crippen LogP contribution in [0.2, 0.25) is 5.02 Å². The van der Waals surface area contributed by atoms with Gasteiger partial charge < -0.3 is 15.3 Å². The van der Waals surface area contributed by atoms with Gasteiger partial charge in [0.25, 0.3) is 0 Å². The fourth-order valence-corrected chi connectivity index (χ4v) is 5.63. The molecule has 0 radical (unpaired) electrons. The average molecular weight is 564 g/mol. The van der Waals surface area contributed by atoms with Gasteiger partial charge in [-0.2, -0.15) is 0 Å². The topological polar surface area (TPSA) is 82.5 Å². The Morgan fingerprint density at radius 1 is 0.950 bits per heavy atom. The van der Waals surface area contributed by atoms with Crippen LogP contribution in [0.5, 0.6) is 0 Å². The lowest BCUT2D eigenvalue weighted by Gasteiger charge is -2.37. The van der Waals surface area contributed by atoms with E-state index in [4.69, 9.17) is 16.7 Å². The number of anilines is 1. The number of carbonyl (C=O) groups excluding carboxylic acids is 1. The number of aromatic nitrogens is 1. The number of benzene rings is 3. The molecule has 2 N–H and O–H groups in total. The maximum Gasteiger partial charge on any atom is 0.322 e. The van der Waals surface area contributed by atoms with Crippen molar-refractivity contribution in [2.45, 2.75) is 50.6 Å². The normalized spacial score (nSPS) is 17.0. The van der Waals surface area contributed by atoms with Crippen molar-refractivity contribution in [1.29, 1.82) is 0 Å². The summed E-state index contributed by atoms with van der Waals surface area (Å²) in [7, 11) is 0. The number of aliphatic carboxylic acids is 1. The van der Waals surface area contributed by atoms with Gasteiger partial charge in [-0.3, -0.25) is 9.78 Å². The molecule has 40 heavy (non-hydrogen) atoms. The van der Waals surface area contributed by atoms with Gasteiger partial charge >= 0.3 is 12.0 Å². The molecule has 0 unspecified atom stereocenters. The Morgan fingerprint density at radius 3 is 2.38 bits per heavy atom. The minimum absolute atomic E-state index is 0.0372. The maximum absolute atomic E-state index is 14.5. The Balaban J connectivity index is 1.36. The second kappa shape index (κ2) is 12.0. The summed E-state index contributed by atoms with van der Waals surface area (Å²) in [6.45, 7) is 0.271. The number of fused-ring (bicyclic) bond motifs is 1. The lowest BCUT2D eigenvalue weighted by atomic mass is 9.80. The number of nitrogens with one attached hydrogen (secondary N) is 1. The quantitative estimate of drug-likeness (QED) is 0.243. The van der Waals surface area contributed by atoms with E-state index >= 15 is 0 Å². The van der Waals surface area contributed by atoms with Gasteiger partial charge in [-0.25, -0.2) is 13.6 Å². The summed E-state index contributed by atoms with van der Waals surface area (Å²) in [6, 6.07) is 17.2. The first-order valence-corrected chi connectivity index (χ1v) is 13.5. The van der Waals surface area contributed by atoms with Crippen molar-refractivity contribution in [1.82, 2.24) is 9.88 Å². The summed E-state index contributed by atoms with van der Waals surface area (Å²) in [5.41, 5.74) is 3.33. The van der Waals surface area contributed by atoms with Crippen LogP contribution >= 0.6 is 11.6 Å². The Labute approximate surface area is 235 Å². The predicted octanol–water partition coefficient (Wildman–Crippen LogP) is 7.55. The third-order valence-corrected chi connectivity index (χ3v) is 7.71. The zero-order chi connectivity index (χ0) is 28.2. The van der Waals surface area contributed by atoms with Crippen LogP contribution in [0.1, 0.15) is 48.3 Å². The largest absolute Gasteiger partial charge is 0.481 e. The zero-order valence-electron chi connectivity index (χ0n) is 21.6. The molecule has 1 heterocycles. The van der Waals surface area contributed by atoms with Gasteiger partial charge in [0.15, 0.2) is 0 Å². The van der Waals surface area contributed by atoms with E-state index in [1.807, 2.05) is 18.2 Å². The van der Waals surface area contributed by atoms with E-state index in [1.165, 1.54) is 24.3 Å². The molecule has 1 fully saturated rings. The molecule has 6 nitrogen and oxygen atoms in total. The number of carbonyl (C=O) groups is 2. The molecular weight excluding hydrogens is 536 g/mol. The van der Waals surface area contributed by atoms with Crippen molar-refractivity contribution < 1.29 is 23.5 Å². The second-order valence-corrected chi connectivity index (χ2v) is 10.6. The first-order valence-electron chi connectivity index (χ1n) is 13.1. The van der Waals surface area contributed by atoms with Gasteiger partial charge in [-0.1, -0.05) is 35.9 Å².